The third-order valence-corrected chi connectivity index (χ3v) is 4.29. The van der Waals surface area contributed by atoms with Crippen molar-refractivity contribution >= 4 is 28.3 Å². The molecule has 3 aromatic rings. The molecule has 0 fully saturated rings. The lowest BCUT2D eigenvalue weighted by atomic mass is 10.1. The highest BCUT2D eigenvalue weighted by Gasteiger charge is 2.26. The molecule has 7 heteroatoms. The van der Waals surface area contributed by atoms with Gasteiger partial charge in [0.2, 0.25) is 5.91 Å². The summed E-state index contributed by atoms with van der Waals surface area (Å²) in [6, 6.07) is 9.71. The van der Waals surface area contributed by atoms with Gasteiger partial charge in [-0.1, -0.05) is 0 Å². The molecular weight excluding hydrogens is 316 g/mol. The Morgan fingerprint density at radius 3 is 2.80 bits per heavy atom. The van der Waals surface area contributed by atoms with Gasteiger partial charge in [-0.2, -0.15) is 5.10 Å². The summed E-state index contributed by atoms with van der Waals surface area (Å²) in [6.45, 7) is 2.15. The fourth-order valence-corrected chi connectivity index (χ4v) is 3.00. The predicted octanol–water partition coefficient (Wildman–Crippen LogP) is 1.98. The van der Waals surface area contributed by atoms with Gasteiger partial charge in [-0.3, -0.25) is 24.8 Å². The maximum Gasteiger partial charge on any atom is 0.248 e. The van der Waals surface area contributed by atoms with Crippen LogP contribution in [0.3, 0.4) is 0 Å². The SMILES string of the molecule is CC1=C(C(N)=O)CN=C(c2ccncc2)N1c1ccc2[nH]ncc2c1. The van der Waals surface area contributed by atoms with E-state index in [1.165, 1.54) is 0 Å². The molecule has 1 amide bonds. The van der Waals surface area contributed by atoms with Gasteiger partial charge >= 0.3 is 0 Å². The number of amidine groups is 1. The van der Waals surface area contributed by atoms with Crippen molar-refractivity contribution in [2.75, 3.05) is 11.4 Å². The highest BCUT2D eigenvalue weighted by molar-refractivity contribution is 6.14. The van der Waals surface area contributed by atoms with Crippen LogP contribution in [0.15, 0.2) is 65.2 Å². The van der Waals surface area contributed by atoms with Crippen LogP contribution in [0.5, 0.6) is 0 Å². The minimum Gasteiger partial charge on any atom is -0.366 e. The second kappa shape index (κ2) is 5.86. The fraction of sp³-hybridized carbons (Fsp3) is 0.111. The van der Waals surface area contributed by atoms with Gasteiger partial charge in [0, 0.05) is 34.7 Å². The summed E-state index contributed by atoms with van der Waals surface area (Å²) in [4.78, 5) is 22.4. The summed E-state index contributed by atoms with van der Waals surface area (Å²) in [5.74, 6) is 0.303. The standard InChI is InChI=1S/C18H16N6O/c1-11-15(17(19)25)10-21-18(12-4-6-20-7-5-12)24(11)14-2-3-16-13(8-14)9-22-23-16/h2-9H,10H2,1H3,(H2,19,25)(H,22,23). The van der Waals surface area contributed by atoms with Crippen LogP contribution in [0.4, 0.5) is 5.69 Å². The molecule has 0 radical (unpaired) electrons. The molecule has 25 heavy (non-hydrogen) atoms. The predicted molar refractivity (Wildman–Crippen MR) is 96.1 cm³/mol. The third-order valence-electron chi connectivity index (χ3n) is 4.29. The van der Waals surface area contributed by atoms with Crippen molar-refractivity contribution in [3.63, 3.8) is 0 Å². The Bertz CT molecular complexity index is 1020. The molecule has 2 aromatic heterocycles. The maximum atomic E-state index is 11.8. The highest BCUT2D eigenvalue weighted by Crippen LogP contribution is 2.29. The number of carbonyl (C=O) groups is 1. The van der Waals surface area contributed by atoms with E-state index >= 15 is 0 Å². The van der Waals surface area contributed by atoms with E-state index in [1.807, 2.05) is 42.2 Å². The lowest BCUT2D eigenvalue weighted by Crippen LogP contribution is -2.37. The number of pyridine rings is 1. The van der Waals surface area contributed by atoms with Crippen LogP contribution >= 0.6 is 0 Å². The van der Waals surface area contributed by atoms with Gasteiger partial charge in [-0.15, -0.1) is 0 Å². The van der Waals surface area contributed by atoms with Crippen LogP contribution in [0, 0.1) is 0 Å². The molecule has 0 unspecified atom stereocenters. The van der Waals surface area contributed by atoms with Gasteiger partial charge < -0.3 is 5.73 Å². The molecular formula is C18H16N6O. The number of primary amides is 1. The summed E-state index contributed by atoms with van der Waals surface area (Å²) < 4.78 is 0. The summed E-state index contributed by atoms with van der Waals surface area (Å²) in [5.41, 5.74) is 9.57. The lowest BCUT2D eigenvalue weighted by Gasteiger charge is -2.31. The number of fused-ring (bicyclic) bond motifs is 1. The number of anilines is 1. The molecule has 0 aliphatic carbocycles. The highest BCUT2D eigenvalue weighted by atomic mass is 16.1. The van der Waals surface area contributed by atoms with Crippen LogP contribution in [-0.4, -0.2) is 33.5 Å². The first-order chi connectivity index (χ1) is 12.1. The lowest BCUT2D eigenvalue weighted by molar-refractivity contribution is -0.114. The number of hydrogen-bond donors (Lipinski definition) is 2. The topological polar surface area (TPSA) is 100 Å². The third kappa shape index (κ3) is 2.55. The van der Waals surface area contributed by atoms with Gasteiger partial charge in [-0.25, -0.2) is 0 Å². The monoisotopic (exact) mass is 332 g/mol. The number of amides is 1. The molecule has 3 N–H and O–H groups in total. The molecule has 124 valence electrons. The van der Waals surface area contributed by atoms with Crippen molar-refractivity contribution in [1.82, 2.24) is 15.2 Å². The van der Waals surface area contributed by atoms with E-state index in [-0.39, 0.29) is 6.54 Å². The van der Waals surface area contributed by atoms with E-state index in [4.69, 9.17) is 5.73 Å². The second-order valence-corrected chi connectivity index (χ2v) is 5.78. The van der Waals surface area contributed by atoms with Crippen LogP contribution < -0.4 is 10.6 Å². The zero-order valence-corrected chi connectivity index (χ0v) is 13.6. The molecule has 4 rings (SSSR count). The smallest absolute Gasteiger partial charge is 0.248 e. The van der Waals surface area contributed by atoms with Gasteiger partial charge in [0.05, 0.1) is 23.8 Å². The van der Waals surface area contributed by atoms with Crippen molar-refractivity contribution < 1.29 is 4.79 Å². The Hall–Kier alpha value is -3.48. The Morgan fingerprint density at radius 2 is 2.04 bits per heavy atom. The average Bonchev–Trinajstić information content (AvgIpc) is 3.09. The number of nitrogens with two attached hydrogens (primary N) is 1. The van der Waals surface area contributed by atoms with Crippen molar-refractivity contribution in [3.05, 3.63) is 65.8 Å². The summed E-state index contributed by atoms with van der Waals surface area (Å²) in [5, 5.41) is 7.97. The zero-order valence-electron chi connectivity index (χ0n) is 13.6. The van der Waals surface area contributed by atoms with Crippen molar-refractivity contribution in [2.24, 2.45) is 10.7 Å². The number of nitrogens with one attached hydrogen (secondary N) is 1. The summed E-state index contributed by atoms with van der Waals surface area (Å²) in [7, 11) is 0. The minimum atomic E-state index is -0.454. The van der Waals surface area contributed by atoms with Crippen molar-refractivity contribution in [1.29, 1.82) is 0 Å². The van der Waals surface area contributed by atoms with Crippen LogP contribution in [-0.2, 0) is 4.79 Å². The minimum absolute atomic E-state index is 0.267. The van der Waals surface area contributed by atoms with Gasteiger partial charge in [-0.05, 0) is 37.3 Å². The van der Waals surface area contributed by atoms with Gasteiger partial charge in [0.15, 0.2) is 0 Å². The molecule has 1 aliphatic heterocycles. The van der Waals surface area contributed by atoms with Gasteiger partial charge in [0.25, 0.3) is 0 Å². The number of rotatable bonds is 3. The average molecular weight is 332 g/mol. The van der Waals surface area contributed by atoms with E-state index in [2.05, 4.69) is 20.2 Å². The van der Waals surface area contributed by atoms with E-state index in [1.54, 1.807) is 18.6 Å². The summed E-state index contributed by atoms with van der Waals surface area (Å²) in [6.07, 6.45) is 5.20. The van der Waals surface area contributed by atoms with Crippen molar-refractivity contribution in [3.8, 4) is 0 Å². The van der Waals surface area contributed by atoms with Crippen LogP contribution in [0.1, 0.15) is 12.5 Å². The number of aromatic nitrogens is 3. The zero-order chi connectivity index (χ0) is 17.4. The van der Waals surface area contributed by atoms with Crippen LogP contribution in [0.2, 0.25) is 0 Å². The molecule has 0 saturated carbocycles. The number of carbonyl (C=O) groups excluding carboxylic acids is 1. The fourth-order valence-electron chi connectivity index (χ4n) is 3.00. The van der Waals surface area contributed by atoms with E-state index < -0.39 is 5.91 Å². The largest absolute Gasteiger partial charge is 0.366 e. The molecule has 0 saturated heterocycles. The Balaban J connectivity index is 1.89. The number of aliphatic imine (C=N–C) groups is 1. The Kier molecular flexibility index (Phi) is 3.53. The van der Waals surface area contributed by atoms with Crippen LogP contribution in [0.25, 0.3) is 10.9 Å². The van der Waals surface area contributed by atoms with Crippen molar-refractivity contribution in [2.45, 2.75) is 6.92 Å². The number of aromatic amines is 1. The quantitative estimate of drug-likeness (QED) is 0.766. The Morgan fingerprint density at radius 1 is 1.24 bits per heavy atom. The molecule has 0 spiro atoms. The Labute approximate surface area is 143 Å². The van der Waals surface area contributed by atoms with E-state index in [0.29, 0.717) is 5.57 Å². The van der Waals surface area contributed by atoms with Gasteiger partial charge in [0.1, 0.15) is 5.84 Å². The molecule has 0 atom stereocenters. The number of allylic oxidation sites excluding steroid dienone is 1. The maximum absolute atomic E-state index is 11.8. The van der Waals surface area contributed by atoms with E-state index in [0.717, 1.165) is 33.7 Å². The first-order valence-corrected chi connectivity index (χ1v) is 7.83. The summed E-state index contributed by atoms with van der Waals surface area (Å²) >= 11 is 0. The van der Waals surface area contributed by atoms with E-state index in [9.17, 15) is 4.79 Å². The normalized spacial score (nSPS) is 14.8. The number of nitrogens with zero attached hydrogens (tertiary/aromatic N) is 4. The molecule has 3 heterocycles. The molecule has 1 aliphatic rings. The molecule has 0 bridgehead atoms. The first-order valence-electron chi connectivity index (χ1n) is 7.83. The molecule has 7 nitrogen and oxygen atoms in total. The second-order valence-electron chi connectivity index (χ2n) is 5.78. The first kappa shape index (κ1) is 15.1. The molecule has 1 aromatic carbocycles. The number of benzene rings is 1. The number of hydrogen-bond acceptors (Lipinski definition) is 5. The number of H-pyrrole nitrogens is 1.